The summed E-state index contributed by atoms with van der Waals surface area (Å²) in [6, 6.07) is 0. The van der Waals surface area contributed by atoms with Gasteiger partial charge in [-0.2, -0.15) is 0 Å². The highest BCUT2D eigenvalue weighted by Gasteiger charge is 1.90. The first kappa shape index (κ1) is 9.50. The van der Waals surface area contributed by atoms with Crippen LogP contribution in [0.4, 0.5) is 0 Å². The molecule has 0 bridgehead atoms. The van der Waals surface area contributed by atoms with Crippen LogP contribution in [-0.4, -0.2) is 17.8 Å². The van der Waals surface area contributed by atoms with Gasteiger partial charge in [-0.05, 0) is 19.4 Å². The summed E-state index contributed by atoms with van der Waals surface area (Å²) in [4.78, 5) is 0. The van der Waals surface area contributed by atoms with Crippen molar-refractivity contribution >= 4 is 0 Å². The molecule has 0 rings (SSSR count). The van der Waals surface area contributed by atoms with Gasteiger partial charge in [0.15, 0.2) is 0 Å². The van der Waals surface area contributed by atoms with E-state index in [1.165, 1.54) is 0 Å². The molecule has 1 unspecified atom stereocenters. The highest BCUT2D eigenvalue weighted by Crippen LogP contribution is 1.90. The molecule has 0 spiro atoms. The zero-order chi connectivity index (χ0) is 7.82. The van der Waals surface area contributed by atoms with E-state index in [1.54, 1.807) is 13.2 Å². The molecule has 1 N–H and O–H groups in total. The number of aliphatic hydroxyl groups is 1. The zero-order valence-corrected chi connectivity index (χ0v) is 6.71. The second-order valence-electron chi connectivity index (χ2n) is 2.34. The van der Waals surface area contributed by atoms with Crippen molar-refractivity contribution in [2.24, 2.45) is 0 Å². The molecule has 0 heterocycles. The maximum absolute atomic E-state index is 8.75. The molecule has 1 atom stereocenters. The van der Waals surface area contributed by atoms with Crippen LogP contribution in [0, 0.1) is 0 Å². The number of ether oxygens (including phenoxy) is 1. The van der Waals surface area contributed by atoms with Crippen LogP contribution in [-0.2, 0) is 4.74 Å². The van der Waals surface area contributed by atoms with E-state index < -0.39 is 0 Å². The molecule has 0 aliphatic heterocycles. The molecule has 0 aliphatic carbocycles. The molecular formula is C8H16O2. The molecule has 0 aromatic rings. The molecular weight excluding hydrogens is 128 g/mol. The van der Waals surface area contributed by atoms with Crippen LogP contribution in [0.25, 0.3) is 0 Å². The molecule has 0 fully saturated rings. The van der Waals surface area contributed by atoms with Gasteiger partial charge in [0.1, 0.15) is 6.61 Å². The van der Waals surface area contributed by atoms with Crippen molar-refractivity contribution in [3.05, 3.63) is 12.3 Å². The average molecular weight is 144 g/mol. The minimum atomic E-state index is -0.369. The quantitative estimate of drug-likeness (QED) is 0.595. The van der Waals surface area contributed by atoms with Crippen molar-refractivity contribution in [2.75, 3.05) is 6.61 Å². The summed E-state index contributed by atoms with van der Waals surface area (Å²) in [6.07, 6.45) is 5.42. The molecule has 60 valence electrons. The third-order valence-electron chi connectivity index (χ3n) is 0.985. The average Bonchev–Trinajstić information content (AvgIpc) is 1.87. The summed E-state index contributed by atoms with van der Waals surface area (Å²) in [5.74, 6) is 0. The largest absolute Gasteiger partial charge is 0.499 e. The van der Waals surface area contributed by atoms with E-state index in [1.807, 2.05) is 6.08 Å². The first-order valence-corrected chi connectivity index (χ1v) is 3.72. The molecule has 0 saturated carbocycles. The lowest BCUT2D eigenvalue weighted by Gasteiger charge is -2.01. The molecule has 0 amide bonds. The van der Waals surface area contributed by atoms with Gasteiger partial charge in [0.25, 0.3) is 0 Å². The molecule has 0 aromatic carbocycles. The fraction of sp³-hybridized carbons (Fsp3) is 0.750. The summed E-state index contributed by atoms with van der Waals surface area (Å²) in [5, 5.41) is 8.75. The van der Waals surface area contributed by atoms with Crippen molar-refractivity contribution in [3.63, 3.8) is 0 Å². The van der Waals surface area contributed by atoms with Gasteiger partial charge in [-0.3, -0.25) is 0 Å². The molecule has 0 aliphatic rings. The van der Waals surface area contributed by atoms with Crippen molar-refractivity contribution in [1.29, 1.82) is 0 Å². The second-order valence-corrected chi connectivity index (χ2v) is 2.34. The highest BCUT2D eigenvalue weighted by molar-refractivity contribution is 4.72. The fourth-order valence-corrected chi connectivity index (χ4v) is 0.498. The smallest absolute Gasteiger partial charge is 0.113 e. The third kappa shape index (κ3) is 7.50. The molecule has 2 nitrogen and oxygen atoms in total. The summed E-state index contributed by atoms with van der Waals surface area (Å²) in [7, 11) is 0. The van der Waals surface area contributed by atoms with Gasteiger partial charge in [0.2, 0.25) is 0 Å². The maximum atomic E-state index is 8.75. The number of aliphatic hydroxyl groups excluding tert-OH is 1. The molecule has 2 heteroatoms. The third-order valence-corrected chi connectivity index (χ3v) is 0.985. The topological polar surface area (TPSA) is 29.5 Å². The number of hydrogen-bond donors (Lipinski definition) is 1. The van der Waals surface area contributed by atoms with E-state index >= 15 is 0 Å². The van der Waals surface area contributed by atoms with Crippen LogP contribution in [0.1, 0.15) is 26.7 Å². The van der Waals surface area contributed by atoms with Crippen molar-refractivity contribution < 1.29 is 9.84 Å². The van der Waals surface area contributed by atoms with E-state index in [2.05, 4.69) is 6.92 Å². The van der Waals surface area contributed by atoms with Gasteiger partial charge in [-0.25, -0.2) is 0 Å². The Bertz CT molecular complexity index is 87.3. The van der Waals surface area contributed by atoms with Crippen LogP contribution in [0.2, 0.25) is 0 Å². The molecule has 0 saturated heterocycles. The lowest BCUT2D eigenvalue weighted by atomic mass is 10.3. The lowest BCUT2D eigenvalue weighted by Crippen LogP contribution is -2.06. The first-order chi connectivity index (χ1) is 4.77. The number of unbranched alkanes of at least 4 members (excludes halogenated alkanes) is 1. The predicted molar refractivity (Wildman–Crippen MR) is 41.7 cm³/mol. The van der Waals surface area contributed by atoms with Gasteiger partial charge in [0.05, 0.1) is 12.4 Å². The van der Waals surface area contributed by atoms with Gasteiger partial charge in [0, 0.05) is 0 Å². The van der Waals surface area contributed by atoms with Crippen LogP contribution >= 0.6 is 0 Å². The Balaban J connectivity index is 3.02. The predicted octanol–water partition coefficient (Wildman–Crippen LogP) is 1.70. The Morgan fingerprint density at radius 2 is 2.30 bits per heavy atom. The highest BCUT2D eigenvalue weighted by atomic mass is 16.5. The Morgan fingerprint density at radius 3 is 2.80 bits per heavy atom. The Labute approximate surface area is 62.5 Å². The van der Waals surface area contributed by atoms with Crippen LogP contribution in [0.15, 0.2) is 12.3 Å². The SMILES string of the molecule is CCCC=COCC(C)O. The van der Waals surface area contributed by atoms with Crippen LogP contribution in [0.3, 0.4) is 0 Å². The number of rotatable bonds is 5. The maximum Gasteiger partial charge on any atom is 0.113 e. The van der Waals surface area contributed by atoms with E-state index in [-0.39, 0.29) is 6.10 Å². The van der Waals surface area contributed by atoms with Gasteiger partial charge in [-0.1, -0.05) is 13.3 Å². The molecule has 0 radical (unpaired) electrons. The summed E-state index contributed by atoms with van der Waals surface area (Å²) >= 11 is 0. The van der Waals surface area contributed by atoms with E-state index in [0.29, 0.717) is 6.61 Å². The van der Waals surface area contributed by atoms with Crippen molar-refractivity contribution in [1.82, 2.24) is 0 Å². The van der Waals surface area contributed by atoms with E-state index in [4.69, 9.17) is 9.84 Å². The van der Waals surface area contributed by atoms with Crippen molar-refractivity contribution in [3.8, 4) is 0 Å². The molecule has 10 heavy (non-hydrogen) atoms. The normalized spacial score (nSPS) is 13.9. The van der Waals surface area contributed by atoms with E-state index in [0.717, 1.165) is 12.8 Å². The zero-order valence-electron chi connectivity index (χ0n) is 6.71. The number of hydrogen-bond acceptors (Lipinski definition) is 2. The van der Waals surface area contributed by atoms with Crippen molar-refractivity contribution in [2.45, 2.75) is 32.8 Å². The van der Waals surface area contributed by atoms with Gasteiger partial charge in [-0.15, -0.1) is 0 Å². The Morgan fingerprint density at radius 1 is 1.60 bits per heavy atom. The van der Waals surface area contributed by atoms with Crippen LogP contribution < -0.4 is 0 Å². The summed E-state index contributed by atoms with van der Waals surface area (Å²) in [5.41, 5.74) is 0. The number of allylic oxidation sites excluding steroid dienone is 1. The Kier molecular flexibility index (Phi) is 6.29. The summed E-state index contributed by atoms with van der Waals surface area (Å²) < 4.78 is 4.97. The standard InChI is InChI=1S/C8H16O2/c1-3-4-5-6-10-7-8(2)9/h5-6,8-9H,3-4,7H2,1-2H3. The van der Waals surface area contributed by atoms with Gasteiger partial charge < -0.3 is 9.84 Å². The molecule has 0 aromatic heterocycles. The second kappa shape index (κ2) is 6.62. The Hall–Kier alpha value is -0.500. The summed E-state index contributed by atoms with van der Waals surface area (Å²) in [6.45, 7) is 4.20. The fourth-order valence-electron chi connectivity index (χ4n) is 0.498. The first-order valence-electron chi connectivity index (χ1n) is 3.72. The van der Waals surface area contributed by atoms with Gasteiger partial charge >= 0.3 is 0 Å². The van der Waals surface area contributed by atoms with Crippen LogP contribution in [0.5, 0.6) is 0 Å². The van der Waals surface area contributed by atoms with E-state index in [9.17, 15) is 0 Å². The minimum Gasteiger partial charge on any atom is -0.499 e. The lowest BCUT2D eigenvalue weighted by molar-refractivity contribution is 0.0973. The monoisotopic (exact) mass is 144 g/mol. The minimum absolute atomic E-state index is 0.369.